The molecule has 6 nitrogen and oxygen atoms in total. The number of benzene rings is 1. The zero-order valence-electron chi connectivity index (χ0n) is 13.7. The van der Waals surface area contributed by atoms with Crippen molar-refractivity contribution in [2.24, 2.45) is 0 Å². The number of ether oxygens (including phenoxy) is 1. The lowest BCUT2D eigenvalue weighted by molar-refractivity contribution is 0.0299. The highest BCUT2D eigenvalue weighted by atomic mass is 16.5. The van der Waals surface area contributed by atoms with Crippen molar-refractivity contribution < 1.29 is 9.53 Å². The molecule has 1 aliphatic rings. The number of aromatic nitrogens is 2. The van der Waals surface area contributed by atoms with Crippen molar-refractivity contribution in [1.29, 1.82) is 0 Å². The molecule has 1 amide bonds. The molecule has 0 bridgehead atoms. The molecule has 3 heterocycles. The summed E-state index contributed by atoms with van der Waals surface area (Å²) in [7, 11) is 0. The van der Waals surface area contributed by atoms with Crippen LogP contribution in [0.25, 0.3) is 10.9 Å². The lowest BCUT2D eigenvalue weighted by atomic mass is 10.2. The molecule has 0 atom stereocenters. The van der Waals surface area contributed by atoms with Crippen LogP contribution in [0, 0.1) is 0 Å². The van der Waals surface area contributed by atoms with Crippen LogP contribution in [-0.2, 0) is 4.74 Å². The second-order valence-electron chi connectivity index (χ2n) is 5.84. The fourth-order valence-electron chi connectivity index (χ4n) is 2.88. The van der Waals surface area contributed by atoms with Gasteiger partial charge >= 0.3 is 0 Å². The summed E-state index contributed by atoms with van der Waals surface area (Å²) in [5, 5.41) is 4.39. The van der Waals surface area contributed by atoms with Gasteiger partial charge in [-0.15, -0.1) is 0 Å². The van der Waals surface area contributed by atoms with Gasteiger partial charge in [-0.3, -0.25) is 9.78 Å². The number of anilines is 2. The van der Waals surface area contributed by atoms with Crippen molar-refractivity contribution in [3.05, 3.63) is 60.6 Å². The summed E-state index contributed by atoms with van der Waals surface area (Å²) in [4.78, 5) is 22.9. The van der Waals surface area contributed by atoms with Gasteiger partial charge in [-0.25, -0.2) is 4.98 Å². The van der Waals surface area contributed by atoms with Gasteiger partial charge in [0.25, 0.3) is 5.91 Å². The third-order valence-corrected chi connectivity index (χ3v) is 4.19. The lowest BCUT2D eigenvalue weighted by Gasteiger charge is -2.26. The molecule has 1 aromatic carbocycles. The van der Waals surface area contributed by atoms with Crippen molar-refractivity contribution in [2.75, 3.05) is 31.6 Å². The van der Waals surface area contributed by atoms with Crippen molar-refractivity contribution in [3.63, 3.8) is 0 Å². The number of para-hydroxylation sites is 1. The molecule has 0 radical (unpaired) electrons. The average molecular weight is 334 g/mol. The third kappa shape index (κ3) is 3.29. The molecule has 3 aromatic rings. The smallest absolute Gasteiger partial charge is 0.272 e. The molecular weight excluding hydrogens is 316 g/mol. The van der Waals surface area contributed by atoms with Gasteiger partial charge in [0.05, 0.1) is 36.3 Å². The van der Waals surface area contributed by atoms with E-state index in [1.807, 2.05) is 36.4 Å². The van der Waals surface area contributed by atoms with Crippen LogP contribution in [0.1, 0.15) is 10.5 Å². The molecule has 0 spiro atoms. The Bertz CT molecular complexity index is 884. The monoisotopic (exact) mass is 334 g/mol. The van der Waals surface area contributed by atoms with E-state index < -0.39 is 0 Å². The second-order valence-corrected chi connectivity index (χ2v) is 5.84. The number of hydrogen-bond acceptors (Lipinski definition) is 5. The summed E-state index contributed by atoms with van der Waals surface area (Å²) >= 11 is 0. The first kappa shape index (κ1) is 15.5. The van der Waals surface area contributed by atoms with Crippen LogP contribution in [0.4, 0.5) is 11.4 Å². The van der Waals surface area contributed by atoms with Gasteiger partial charge in [-0.05, 0) is 24.3 Å². The molecule has 126 valence electrons. The predicted octanol–water partition coefficient (Wildman–Crippen LogP) is 2.85. The second kappa shape index (κ2) is 6.86. The van der Waals surface area contributed by atoms with Gasteiger partial charge in [0, 0.05) is 24.7 Å². The highest BCUT2D eigenvalue weighted by molar-refractivity contribution is 5.93. The van der Waals surface area contributed by atoms with E-state index >= 15 is 0 Å². The molecule has 0 saturated carbocycles. The molecule has 0 aliphatic carbocycles. The summed E-state index contributed by atoms with van der Waals surface area (Å²) in [6, 6.07) is 13.5. The fourth-order valence-corrected chi connectivity index (χ4v) is 2.88. The maximum atomic E-state index is 12.4. The number of hydrogen-bond donors (Lipinski definition) is 1. The zero-order valence-corrected chi connectivity index (χ0v) is 13.7. The maximum absolute atomic E-state index is 12.4. The molecule has 2 aromatic heterocycles. The Morgan fingerprint density at radius 3 is 2.68 bits per heavy atom. The van der Waals surface area contributed by atoms with Crippen molar-refractivity contribution >= 4 is 28.2 Å². The Balaban J connectivity index is 1.53. The van der Waals surface area contributed by atoms with Gasteiger partial charge in [0.2, 0.25) is 0 Å². The zero-order chi connectivity index (χ0) is 17.1. The minimum Gasteiger partial charge on any atom is -0.378 e. The van der Waals surface area contributed by atoms with Crippen LogP contribution in [0.15, 0.2) is 54.9 Å². The number of fused-ring (bicyclic) bond motifs is 1. The van der Waals surface area contributed by atoms with Crippen LogP contribution >= 0.6 is 0 Å². The Hall–Kier alpha value is -2.99. The fraction of sp³-hybridized carbons (Fsp3) is 0.211. The standard InChI is InChI=1S/C19H18N4O2/c24-19(23-9-11-25-12-10-23)17-7-6-15(13-21-17)22-16-5-1-3-14-4-2-8-20-18(14)16/h1-8,13,22H,9-12H2. The minimum absolute atomic E-state index is 0.0540. The molecule has 25 heavy (non-hydrogen) atoms. The van der Waals surface area contributed by atoms with Gasteiger partial charge in [-0.2, -0.15) is 0 Å². The Morgan fingerprint density at radius 2 is 1.88 bits per heavy atom. The SMILES string of the molecule is O=C(c1ccc(Nc2cccc3cccnc23)cn1)N1CCOCC1. The van der Waals surface area contributed by atoms with Crippen LogP contribution in [0.3, 0.4) is 0 Å². The van der Waals surface area contributed by atoms with Gasteiger partial charge in [-0.1, -0.05) is 18.2 Å². The summed E-state index contributed by atoms with van der Waals surface area (Å²) in [5.41, 5.74) is 3.07. The van der Waals surface area contributed by atoms with E-state index in [1.54, 1.807) is 23.4 Å². The Kier molecular flexibility index (Phi) is 4.26. The van der Waals surface area contributed by atoms with E-state index in [1.165, 1.54) is 0 Å². The third-order valence-electron chi connectivity index (χ3n) is 4.19. The lowest BCUT2D eigenvalue weighted by Crippen LogP contribution is -2.41. The number of amides is 1. The first-order valence-corrected chi connectivity index (χ1v) is 8.25. The summed E-state index contributed by atoms with van der Waals surface area (Å²) in [6.07, 6.45) is 3.45. The summed E-state index contributed by atoms with van der Waals surface area (Å²) < 4.78 is 5.28. The molecule has 1 fully saturated rings. The molecule has 1 N–H and O–H groups in total. The Labute approximate surface area is 145 Å². The van der Waals surface area contributed by atoms with Crippen LogP contribution in [0.5, 0.6) is 0 Å². The van der Waals surface area contributed by atoms with E-state index in [0.717, 1.165) is 22.3 Å². The van der Waals surface area contributed by atoms with Gasteiger partial charge in [0.1, 0.15) is 5.69 Å². The van der Waals surface area contributed by atoms with Crippen molar-refractivity contribution in [1.82, 2.24) is 14.9 Å². The molecule has 0 unspecified atom stereocenters. The molecule has 1 saturated heterocycles. The summed E-state index contributed by atoms with van der Waals surface area (Å²) in [6.45, 7) is 2.39. The molecule has 6 heteroatoms. The number of morpholine rings is 1. The molecule has 1 aliphatic heterocycles. The minimum atomic E-state index is -0.0540. The quantitative estimate of drug-likeness (QED) is 0.798. The number of nitrogens with one attached hydrogen (secondary N) is 1. The number of carbonyl (C=O) groups excluding carboxylic acids is 1. The number of nitrogens with zero attached hydrogens (tertiary/aromatic N) is 3. The van der Waals surface area contributed by atoms with Crippen LogP contribution in [-0.4, -0.2) is 47.1 Å². The maximum Gasteiger partial charge on any atom is 0.272 e. The van der Waals surface area contributed by atoms with Crippen LogP contribution < -0.4 is 5.32 Å². The Morgan fingerprint density at radius 1 is 1.04 bits per heavy atom. The first-order chi connectivity index (χ1) is 12.3. The topological polar surface area (TPSA) is 67.4 Å². The van der Waals surface area contributed by atoms with Crippen molar-refractivity contribution in [2.45, 2.75) is 0 Å². The van der Waals surface area contributed by atoms with E-state index in [9.17, 15) is 4.79 Å². The number of pyridine rings is 2. The van der Waals surface area contributed by atoms with E-state index in [0.29, 0.717) is 32.0 Å². The van der Waals surface area contributed by atoms with Crippen LogP contribution in [0.2, 0.25) is 0 Å². The van der Waals surface area contributed by atoms with E-state index in [4.69, 9.17) is 4.74 Å². The number of carbonyl (C=O) groups is 1. The highest BCUT2D eigenvalue weighted by Crippen LogP contribution is 2.24. The average Bonchev–Trinajstić information content (AvgIpc) is 2.69. The molecule has 4 rings (SSSR count). The predicted molar refractivity (Wildman–Crippen MR) is 96.0 cm³/mol. The number of rotatable bonds is 3. The van der Waals surface area contributed by atoms with E-state index in [-0.39, 0.29) is 5.91 Å². The first-order valence-electron chi connectivity index (χ1n) is 8.25. The van der Waals surface area contributed by atoms with Gasteiger partial charge in [0.15, 0.2) is 0 Å². The molecular formula is C19H18N4O2. The summed E-state index contributed by atoms with van der Waals surface area (Å²) in [5.74, 6) is -0.0540. The van der Waals surface area contributed by atoms with Crippen molar-refractivity contribution in [3.8, 4) is 0 Å². The van der Waals surface area contributed by atoms with E-state index in [2.05, 4.69) is 15.3 Å². The largest absolute Gasteiger partial charge is 0.378 e. The highest BCUT2D eigenvalue weighted by Gasteiger charge is 2.19. The van der Waals surface area contributed by atoms with Gasteiger partial charge < -0.3 is 15.0 Å². The normalized spacial score (nSPS) is 14.5.